The van der Waals surface area contributed by atoms with E-state index in [1.807, 2.05) is 0 Å². The Morgan fingerprint density at radius 2 is 1.20 bits per heavy atom. The Morgan fingerprint density at radius 3 is 1.45 bits per heavy atom. The molecule has 120 valence electrons. The summed E-state index contributed by atoms with van der Waals surface area (Å²) in [7, 11) is -3.26. The number of hydrogen-bond acceptors (Lipinski definition) is 2. The minimum atomic E-state index is -1.70. The van der Waals surface area contributed by atoms with Crippen LogP contribution in [-0.2, 0) is 0 Å². The van der Waals surface area contributed by atoms with Crippen molar-refractivity contribution in [2.24, 2.45) is 4.66 Å². The molecule has 0 radical (unpaired) electrons. The van der Waals surface area contributed by atoms with Crippen molar-refractivity contribution >= 4 is 22.0 Å². The molecule has 0 saturated carbocycles. The second-order valence-corrected chi connectivity index (χ2v) is 16.8. The van der Waals surface area contributed by atoms with Crippen molar-refractivity contribution in [3.63, 3.8) is 0 Å². The molecule has 20 heavy (non-hydrogen) atoms. The normalized spacial score (nSPS) is 17.1. The zero-order valence-corrected chi connectivity index (χ0v) is 17.1. The maximum absolute atomic E-state index is 11.3. The van der Waals surface area contributed by atoms with Crippen LogP contribution in [0, 0.1) is 0 Å². The molecule has 0 saturated heterocycles. The summed E-state index contributed by atoms with van der Waals surface area (Å²) in [5.41, 5.74) is 1.03. The molecule has 0 bridgehead atoms. The van der Waals surface area contributed by atoms with Crippen molar-refractivity contribution in [2.45, 2.75) is 96.9 Å². The Hall–Kier alpha value is 0.0638. The van der Waals surface area contributed by atoms with Gasteiger partial charge in [-0.2, -0.15) is 0 Å². The van der Waals surface area contributed by atoms with Crippen molar-refractivity contribution in [3.8, 4) is 0 Å². The molecule has 0 fully saturated rings. The molecule has 0 aromatic carbocycles. The van der Waals surface area contributed by atoms with Crippen LogP contribution >= 0.6 is 0 Å². The van der Waals surface area contributed by atoms with Gasteiger partial charge in [0.05, 0.1) is 13.3 Å². The van der Waals surface area contributed by atoms with Crippen LogP contribution in [0.1, 0.15) is 55.4 Å². The average molecular weight is 316 g/mol. The van der Waals surface area contributed by atoms with Gasteiger partial charge in [-0.1, -0.05) is 59.7 Å². The molecule has 1 N–H and O–H groups in total. The molecule has 0 spiro atoms. The van der Waals surface area contributed by atoms with E-state index in [2.05, 4.69) is 55.4 Å². The molecule has 1 unspecified atom stereocenters. The Bertz CT molecular complexity index is 302. The maximum atomic E-state index is 11.3. The van der Waals surface area contributed by atoms with Crippen molar-refractivity contribution in [1.29, 1.82) is 0 Å². The van der Waals surface area contributed by atoms with E-state index in [0.717, 1.165) is 23.8 Å². The lowest BCUT2D eigenvalue weighted by atomic mass is 10.3. The highest BCUT2D eigenvalue weighted by molar-refractivity contribution is 6.86. The highest BCUT2D eigenvalue weighted by Gasteiger charge is 2.47. The summed E-state index contributed by atoms with van der Waals surface area (Å²) in [5.74, 6) is 0. The van der Waals surface area contributed by atoms with Gasteiger partial charge in [0.2, 0.25) is 0 Å². The predicted molar refractivity (Wildman–Crippen MR) is 98.1 cm³/mol. The van der Waals surface area contributed by atoms with Gasteiger partial charge in [-0.05, 0) is 32.0 Å². The zero-order valence-electron chi connectivity index (χ0n) is 15.1. The molecule has 0 aliphatic carbocycles. The van der Waals surface area contributed by atoms with Crippen molar-refractivity contribution in [2.75, 3.05) is 0 Å². The van der Waals surface area contributed by atoms with E-state index in [0.29, 0.717) is 0 Å². The first-order valence-electron chi connectivity index (χ1n) is 8.53. The summed E-state index contributed by atoms with van der Waals surface area (Å²) in [4.78, 5) is 0. The Balaban J connectivity index is 5.69. The van der Waals surface area contributed by atoms with Crippen LogP contribution in [0.15, 0.2) is 4.66 Å². The molecular weight excluding hydrogens is 278 g/mol. The van der Waals surface area contributed by atoms with Crippen LogP contribution in [0.3, 0.4) is 0 Å². The summed E-state index contributed by atoms with van der Waals surface area (Å²) >= 11 is 0. The summed E-state index contributed by atoms with van der Waals surface area (Å²) in [6.07, 6.45) is 0. The summed E-state index contributed by atoms with van der Waals surface area (Å²) in [6.45, 7) is 17.7. The average Bonchev–Trinajstić information content (AvgIpc) is 2.46. The van der Waals surface area contributed by atoms with Crippen molar-refractivity contribution in [1.82, 2.24) is 0 Å². The van der Waals surface area contributed by atoms with Crippen LogP contribution in [-0.4, -0.2) is 32.4 Å². The SMILES string of the molecule is CC[Si](CC)(CC)N=C(C)C(C)(O)[Si](CC)(CC)CC. The van der Waals surface area contributed by atoms with Gasteiger partial charge in [0.25, 0.3) is 0 Å². The quantitative estimate of drug-likeness (QED) is 0.457. The van der Waals surface area contributed by atoms with Gasteiger partial charge < -0.3 is 9.76 Å². The fraction of sp³-hybridized carbons (Fsp3) is 0.938. The summed E-state index contributed by atoms with van der Waals surface area (Å²) < 4.78 is 5.19. The molecular formula is C16H37NOSi2. The molecule has 2 nitrogen and oxygen atoms in total. The van der Waals surface area contributed by atoms with Gasteiger partial charge >= 0.3 is 0 Å². The molecule has 1 atom stereocenters. The highest BCUT2D eigenvalue weighted by Crippen LogP contribution is 2.34. The van der Waals surface area contributed by atoms with Crippen molar-refractivity contribution < 1.29 is 5.11 Å². The zero-order chi connectivity index (χ0) is 16.0. The van der Waals surface area contributed by atoms with Gasteiger partial charge in [-0.3, -0.25) is 0 Å². The van der Waals surface area contributed by atoms with Gasteiger partial charge in [0.1, 0.15) is 0 Å². The lowest BCUT2D eigenvalue weighted by molar-refractivity contribution is 0.202. The third-order valence-corrected chi connectivity index (χ3v) is 17.4. The fourth-order valence-corrected chi connectivity index (χ4v) is 11.0. The third kappa shape index (κ3) is 3.63. The van der Waals surface area contributed by atoms with E-state index in [1.54, 1.807) is 0 Å². The van der Waals surface area contributed by atoms with E-state index in [9.17, 15) is 5.11 Å². The van der Waals surface area contributed by atoms with E-state index >= 15 is 0 Å². The second-order valence-electron chi connectivity index (χ2n) is 6.40. The standard InChI is InChI=1S/C16H37NOSi2/c1-9-19(10-2,11-3)16(8,18)15(7)17-20(12-4,13-5)14-6/h18H,9-14H2,1-8H3. The summed E-state index contributed by atoms with van der Waals surface area (Å²) in [6, 6.07) is 6.97. The van der Waals surface area contributed by atoms with Gasteiger partial charge in [-0.15, -0.1) is 0 Å². The molecule has 0 aromatic rings. The van der Waals surface area contributed by atoms with Crippen LogP contribution in [0.5, 0.6) is 0 Å². The monoisotopic (exact) mass is 315 g/mol. The topological polar surface area (TPSA) is 32.6 Å². The maximum Gasteiger partial charge on any atom is 0.180 e. The van der Waals surface area contributed by atoms with Crippen LogP contribution in [0.2, 0.25) is 36.3 Å². The van der Waals surface area contributed by atoms with Crippen LogP contribution in [0.25, 0.3) is 0 Å². The van der Waals surface area contributed by atoms with Gasteiger partial charge in [0, 0.05) is 5.71 Å². The van der Waals surface area contributed by atoms with E-state index in [1.165, 1.54) is 18.1 Å². The van der Waals surface area contributed by atoms with Crippen molar-refractivity contribution in [3.05, 3.63) is 0 Å². The predicted octanol–water partition coefficient (Wildman–Crippen LogP) is 5.25. The Morgan fingerprint density at radius 1 is 0.850 bits per heavy atom. The number of hydrogen-bond donors (Lipinski definition) is 1. The van der Waals surface area contributed by atoms with Crippen LogP contribution in [0.4, 0.5) is 0 Å². The largest absolute Gasteiger partial charge is 0.388 e. The number of aliphatic hydroxyl groups is 1. The van der Waals surface area contributed by atoms with E-state index in [-0.39, 0.29) is 0 Å². The first kappa shape index (κ1) is 20.1. The fourth-order valence-electron chi connectivity index (χ4n) is 3.62. The minimum Gasteiger partial charge on any atom is -0.388 e. The van der Waals surface area contributed by atoms with Gasteiger partial charge in [-0.25, -0.2) is 0 Å². The van der Waals surface area contributed by atoms with E-state index in [4.69, 9.17) is 4.66 Å². The van der Waals surface area contributed by atoms with Gasteiger partial charge in [0.15, 0.2) is 8.24 Å². The lowest BCUT2D eigenvalue weighted by Crippen LogP contribution is -2.60. The number of rotatable bonds is 9. The molecule has 0 aliphatic rings. The Labute approximate surface area is 129 Å². The number of nitrogens with zero attached hydrogens (tertiary/aromatic N) is 1. The first-order valence-corrected chi connectivity index (χ1v) is 13.7. The van der Waals surface area contributed by atoms with Crippen LogP contribution < -0.4 is 0 Å². The lowest BCUT2D eigenvalue weighted by Gasteiger charge is -2.43. The van der Waals surface area contributed by atoms with E-state index < -0.39 is 21.5 Å². The minimum absolute atomic E-state index is 0.650. The summed E-state index contributed by atoms with van der Waals surface area (Å²) in [5, 5.41) is 10.6. The molecule has 0 aromatic heterocycles. The second kappa shape index (κ2) is 7.90. The Kier molecular flexibility index (Phi) is 7.92. The third-order valence-electron chi connectivity index (χ3n) is 6.15. The molecule has 0 heterocycles. The highest BCUT2D eigenvalue weighted by atomic mass is 28.3. The molecule has 0 amide bonds. The molecule has 0 aliphatic heterocycles. The molecule has 4 heteroatoms. The molecule has 0 rings (SSSR count). The first-order chi connectivity index (χ1) is 9.24. The smallest absolute Gasteiger partial charge is 0.180 e.